The van der Waals surface area contributed by atoms with Crippen molar-refractivity contribution in [1.29, 1.82) is 0 Å². The van der Waals surface area contributed by atoms with Crippen LogP contribution < -0.4 is 4.74 Å². The smallest absolute Gasteiger partial charge is 0.222 e. The van der Waals surface area contributed by atoms with Crippen molar-refractivity contribution in [3.05, 3.63) is 29.8 Å². The van der Waals surface area contributed by atoms with E-state index in [2.05, 4.69) is 0 Å². The van der Waals surface area contributed by atoms with E-state index in [0.717, 1.165) is 49.8 Å². The first-order valence-corrected chi connectivity index (χ1v) is 8.86. The Bertz CT molecular complexity index is 527. The van der Waals surface area contributed by atoms with Crippen LogP contribution in [-0.2, 0) is 16.0 Å². The Morgan fingerprint density at radius 1 is 1.26 bits per heavy atom. The molecular weight excluding hydrogens is 290 g/mol. The molecule has 2 fully saturated rings. The summed E-state index contributed by atoms with van der Waals surface area (Å²) in [5, 5.41) is 0. The van der Waals surface area contributed by atoms with E-state index in [1.165, 1.54) is 12.8 Å². The highest BCUT2D eigenvalue weighted by Crippen LogP contribution is 2.30. The fraction of sp³-hybridized carbons (Fsp3) is 0.632. The average molecular weight is 317 g/mol. The van der Waals surface area contributed by atoms with Crippen LogP contribution in [0.15, 0.2) is 24.3 Å². The number of carbonyl (C=O) groups is 1. The molecule has 1 amide bonds. The Hall–Kier alpha value is -1.55. The maximum Gasteiger partial charge on any atom is 0.222 e. The normalized spacial score (nSPS) is 20.7. The molecule has 0 spiro atoms. The van der Waals surface area contributed by atoms with E-state index in [4.69, 9.17) is 9.47 Å². The Kier molecular flexibility index (Phi) is 5.55. The second-order valence-electron chi connectivity index (χ2n) is 6.57. The first-order chi connectivity index (χ1) is 11.3. The van der Waals surface area contributed by atoms with E-state index in [1.807, 2.05) is 36.1 Å². The molecule has 2 aliphatic rings. The van der Waals surface area contributed by atoms with Gasteiger partial charge in [0.2, 0.25) is 5.91 Å². The van der Waals surface area contributed by atoms with E-state index in [0.29, 0.717) is 13.0 Å². The van der Waals surface area contributed by atoms with Crippen molar-refractivity contribution in [2.24, 2.45) is 5.92 Å². The molecule has 1 unspecified atom stereocenters. The van der Waals surface area contributed by atoms with Gasteiger partial charge in [-0.3, -0.25) is 4.79 Å². The Balaban J connectivity index is 1.44. The third-order valence-electron chi connectivity index (χ3n) is 4.64. The zero-order chi connectivity index (χ0) is 16.1. The summed E-state index contributed by atoms with van der Waals surface area (Å²) < 4.78 is 11.5. The van der Waals surface area contributed by atoms with Gasteiger partial charge in [0, 0.05) is 26.1 Å². The molecule has 0 aromatic heterocycles. The standard InChI is InChI=1S/C19H27NO3/c1-2-22-18-6-4-3-5-16(18)9-10-19(21)20-12-11-17(13-20)23-14-15-7-8-15/h3-6,15,17H,2,7-14H2,1H3. The van der Waals surface area contributed by atoms with Crippen LogP contribution in [0, 0.1) is 5.92 Å². The largest absolute Gasteiger partial charge is 0.494 e. The molecule has 0 N–H and O–H groups in total. The zero-order valence-electron chi connectivity index (χ0n) is 14.0. The predicted molar refractivity (Wildman–Crippen MR) is 89.6 cm³/mol. The molecular formula is C19H27NO3. The van der Waals surface area contributed by atoms with Gasteiger partial charge in [-0.15, -0.1) is 0 Å². The lowest BCUT2D eigenvalue weighted by Gasteiger charge is -2.17. The SMILES string of the molecule is CCOc1ccccc1CCC(=O)N1CCC(OCC2CC2)C1. The minimum atomic E-state index is 0.230. The lowest BCUT2D eigenvalue weighted by Crippen LogP contribution is -2.30. The third kappa shape index (κ3) is 4.71. The number of rotatable bonds is 8. The van der Waals surface area contributed by atoms with E-state index in [-0.39, 0.29) is 12.0 Å². The summed E-state index contributed by atoms with van der Waals surface area (Å²) in [6, 6.07) is 7.99. The van der Waals surface area contributed by atoms with Crippen molar-refractivity contribution < 1.29 is 14.3 Å². The predicted octanol–water partition coefficient (Wildman–Crippen LogP) is 3.05. The van der Waals surface area contributed by atoms with Gasteiger partial charge in [-0.1, -0.05) is 18.2 Å². The minimum Gasteiger partial charge on any atom is -0.494 e. The van der Waals surface area contributed by atoms with Crippen LogP contribution in [-0.4, -0.2) is 43.2 Å². The lowest BCUT2D eigenvalue weighted by molar-refractivity contribution is -0.130. The fourth-order valence-electron chi connectivity index (χ4n) is 3.05. The second kappa shape index (κ2) is 7.82. The summed E-state index contributed by atoms with van der Waals surface area (Å²) in [7, 11) is 0. The van der Waals surface area contributed by atoms with Crippen molar-refractivity contribution in [3.63, 3.8) is 0 Å². The first-order valence-electron chi connectivity index (χ1n) is 8.86. The summed E-state index contributed by atoms with van der Waals surface area (Å²) in [4.78, 5) is 14.4. The molecule has 1 aliphatic carbocycles. The van der Waals surface area contributed by atoms with E-state index < -0.39 is 0 Å². The van der Waals surface area contributed by atoms with E-state index >= 15 is 0 Å². The van der Waals surface area contributed by atoms with Crippen LogP contribution in [0.5, 0.6) is 5.75 Å². The molecule has 1 saturated heterocycles. The summed E-state index contributed by atoms with van der Waals surface area (Å²) >= 11 is 0. The quantitative estimate of drug-likeness (QED) is 0.740. The maximum atomic E-state index is 12.4. The maximum absolute atomic E-state index is 12.4. The van der Waals surface area contributed by atoms with Crippen LogP contribution in [0.1, 0.15) is 38.2 Å². The minimum absolute atomic E-state index is 0.230. The summed E-state index contributed by atoms with van der Waals surface area (Å²) in [5.74, 6) is 1.92. The summed E-state index contributed by atoms with van der Waals surface area (Å²) in [6.07, 6.45) is 5.13. The van der Waals surface area contributed by atoms with E-state index in [9.17, 15) is 4.79 Å². The average Bonchev–Trinajstić information content (AvgIpc) is 3.28. The Morgan fingerprint density at radius 2 is 2.09 bits per heavy atom. The molecule has 0 radical (unpaired) electrons. The van der Waals surface area contributed by atoms with Gasteiger partial charge >= 0.3 is 0 Å². The molecule has 1 atom stereocenters. The topological polar surface area (TPSA) is 38.8 Å². The molecule has 1 aliphatic heterocycles. The van der Waals surface area contributed by atoms with Gasteiger partial charge in [-0.25, -0.2) is 0 Å². The Labute approximate surface area is 138 Å². The lowest BCUT2D eigenvalue weighted by atomic mass is 10.1. The number of para-hydroxylation sites is 1. The number of nitrogens with zero attached hydrogens (tertiary/aromatic N) is 1. The second-order valence-corrected chi connectivity index (χ2v) is 6.57. The summed E-state index contributed by atoms with van der Waals surface area (Å²) in [5.41, 5.74) is 1.11. The van der Waals surface area contributed by atoms with Gasteiger partial charge in [-0.05, 0) is 50.2 Å². The number of carbonyl (C=O) groups excluding carboxylic acids is 1. The van der Waals surface area contributed by atoms with Crippen molar-refractivity contribution in [1.82, 2.24) is 4.90 Å². The number of ether oxygens (including phenoxy) is 2. The van der Waals surface area contributed by atoms with Gasteiger partial charge in [-0.2, -0.15) is 0 Å². The van der Waals surface area contributed by atoms with Crippen LogP contribution in [0.4, 0.5) is 0 Å². The highest BCUT2D eigenvalue weighted by atomic mass is 16.5. The monoisotopic (exact) mass is 317 g/mol. The number of likely N-dealkylation sites (tertiary alicyclic amines) is 1. The van der Waals surface area contributed by atoms with Gasteiger partial charge in [0.1, 0.15) is 5.75 Å². The molecule has 4 heteroatoms. The highest BCUT2D eigenvalue weighted by Gasteiger charge is 2.29. The van der Waals surface area contributed by atoms with Crippen LogP contribution >= 0.6 is 0 Å². The van der Waals surface area contributed by atoms with Crippen molar-refractivity contribution >= 4 is 5.91 Å². The Morgan fingerprint density at radius 3 is 2.87 bits per heavy atom. The highest BCUT2D eigenvalue weighted by molar-refractivity contribution is 5.76. The molecule has 4 nitrogen and oxygen atoms in total. The van der Waals surface area contributed by atoms with Crippen molar-refractivity contribution in [3.8, 4) is 5.75 Å². The molecule has 1 heterocycles. The molecule has 1 aromatic carbocycles. The molecule has 1 aromatic rings. The van der Waals surface area contributed by atoms with Gasteiger partial charge in [0.25, 0.3) is 0 Å². The number of hydrogen-bond donors (Lipinski definition) is 0. The first kappa shape index (κ1) is 16.3. The van der Waals surface area contributed by atoms with Gasteiger partial charge in [0.05, 0.1) is 12.7 Å². The summed E-state index contributed by atoms with van der Waals surface area (Å²) in [6.45, 7) is 5.11. The molecule has 126 valence electrons. The number of aryl methyl sites for hydroxylation is 1. The van der Waals surface area contributed by atoms with Crippen molar-refractivity contribution in [2.45, 2.75) is 45.1 Å². The van der Waals surface area contributed by atoms with Crippen LogP contribution in [0.2, 0.25) is 0 Å². The number of amides is 1. The van der Waals surface area contributed by atoms with Crippen LogP contribution in [0.25, 0.3) is 0 Å². The van der Waals surface area contributed by atoms with Crippen LogP contribution in [0.3, 0.4) is 0 Å². The van der Waals surface area contributed by atoms with E-state index in [1.54, 1.807) is 0 Å². The fourth-order valence-corrected chi connectivity index (χ4v) is 3.05. The molecule has 3 rings (SSSR count). The molecule has 1 saturated carbocycles. The van der Waals surface area contributed by atoms with Crippen molar-refractivity contribution in [2.75, 3.05) is 26.3 Å². The van der Waals surface area contributed by atoms with Gasteiger partial charge < -0.3 is 14.4 Å². The number of hydrogen-bond acceptors (Lipinski definition) is 3. The molecule has 0 bridgehead atoms. The number of benzene rings is 1. The van der Waals surface area contributed by atoms with Gasteiger partial charge in [0.15, 0.2) is 0 Å². The third-order valence-corrected chi connectivity index (χ3v) is 4.64. The molecule has 23 heavy (non-hydrogen) atoms. The zero-order valence-corrected chi connectivity index (χ0v) is 14.0.